The largest absolute Gasteiger partial charge is 0.462 e. The Balaban J connectivity index is 2.44. The van der Waals surface area contributed by atoms with Crippen molar-refractivity contribution >= 4 is 41.4 Å². The second kappa shape index (κ2) is 14.4. The molecule has 3 rings (SSSR count). The van der Waals surface area contributed by atoms with Crippen LogP contribution in [-0.2, 0) is 52.5 Å². The highest BCUT2D eigenvalue weighted by Crippen LogP contribution is 2.51. The summed E-state index contributed by atoms with van der Waals surface area (Å²) < 4.78 is 28.8. The average Bonchev–Trinajstić information content (AvgIpc) is 3.24. The molecule has 0 aliphatic heterocycles. The molecule has 0 saturated heterocycles. The van der Waals surface area contributed by atoms with E-state index in [-0.39, 0.29) is 17.6 Å². The lowest BCUT2D eigenvalue weighted by molar-refractivity contribution is -0.186. The van der Waals surface area contributed by atoms with Gasteiger partial charge in [0.25, 0.3) is 0 Å². The van der Waals surface area contributed by atoms with Crippen molar-refractivity contribution in [2.24, 2.45) is 23.2 Å². The van der Waals surface area contributed by atoms with Crippen LogP contribution in [0.5, 0.6) is 0 Å². The zero-order valence-corrected chi connectivity index (χ0v) is 27.9. The third kappa shape index (κ3) is 8.04. The van der Waals surface area contributed by atoms with E-state index < -0.39 is 94.6 Å². The highest BCUT2D eigenvalue weighted by Gasteiger charge is 2.65. The number of benzene rings is 1. The Morgan fingerprint density at radius 2 is 1.30 bits per heavy atom. The third-order valence-corrected chi connectivity index (χ3v) is 8.39. The van der Waals surface area contributed by atoms with Crippen LogP contribution in [-0.4, -0.2) is 71.4 Å². The van der Waals surface area contributed by atoms with Gasteiger partial charge in [-0.1, -0.05) is 50.8 Å². The van der Waals surface area contributed by atoms with Gasteiger partial charge in [-0.05, 0) is 31.9 Å². The van der Waals surface area contributed by atoms with E-state index in [0.717, 1.165) is 27.7 Å². The quantitative estimate of drug-likeness (QED) is 0.247. The van der Waals surface area contributed by atoms with Gasteiger partial charge in [0.2, 0.25) is 6.10 Å². The van der Waals surface area contributed by atoms with Crippen molar-refractivity contribution in [3.63, 3.8) is 0 Å². The molecular weight excluding hydrogens is 612 g/mol. The fraction of sp³-hybridized carbons (Fsp3) is 0.514. The van der Waals surface area contributed by atoms with Gasteiger partial charge in [-0.15, -0.1) is 0 Å². The Morgan fingerprint density at radius 3 is 1.83 bits per heavy atom. The summed E-state index contributed by atoms with van der Waals surface area (Å²) >= 11 is 0. The molecule has 1 aromatic carbocycles. The molecule has 2 aliphatic carbocycles. The molecule has 254 valence electrons. The molecule has 1 saturated carbocycles. The molecule has 12 heteroatoms. The minimum absolute atomic E-state index is 0.0779. The number of ether oxygens (including phenoxy) is 5. The van der Waals surface area contributed by atoms with Gasteiger partial charge in [0.05, 0.1) is 11.5 Å². The fourth-order valence-electron chi connectivity index (χ4n) is 6.38. The minimum atomic E-state index is -2.05. The lowest BCUT2D eigenvalue weighted by Gasteiger charge is -2.42. The van der Waals surface area contributed by atoms with Crippen molar-refractivity contribution in [2.45, 2.75) is 91.8 Å². The van der Waals surface area contributed by atoms with Crippen molar-refractivity contribution in [3.8, 4) is 0 Å². The normalized spacial score (nSPS) is 31.2. The van der Waals surface area contributed by atoms with Gasteiger partial charge in [0, 0.05) is 51.0 Å². The van der Waals surface area contributed by atoms with Gasteiger partial charge in [0.1, 0.15) is 12.2 Å². The van der Waals surface area contributed by atoms with Crippen LogP contribution in [0, 0.1) is 23.2 Å². The number of carbonyl (C=O) groups is 7. The summed E-state index contributed by atoms with van der Waals surface area (Å²) in [6.45, 7) is 14.7. The van der Waals surface area contributed by atoms with Crippen molar-refractivity contribution in [2.75, 3.05) is 0 Å². The number of hydrogen-bond donors (Lipinski definition) is 0. The van der Waals surface area contributed by atoms with Crippen LogP contribution in [0.25, 0.3) is 0 Å². The fourth-order valence-corrected chi connectivity index (χ4v) is 6.38. The zero-order valence-electron chi connectivity index (χ0n) is 27.9. The van der Waals surface area contributed by atoms with E-state index in [4.69, 9.17) is 23.7 Å². The monoisotopic (exact) mass is 654 g/mol. The zero-order chi connectivity index (χ0) is 35.4. The number of carbonyl (C=O) groups excluding carboxylic acids is 7. The van der Waals surface area contributed by atoms with Gasteiger partial charge in [-0.2, -0.15) is 0 Å². The minimum Gasteiger partial charge on any atom is -0.462 e. The highest BCUT2D eigenvalue weighted by atomic mass is 16.6. The smallest absolute Gasteiger partial charge is 0.338 e. The second-order valence-corrected chi connectivity index (χ2v) is 12.7. The molecule has 0 unspecified atom stereocenters. The van der Waals surface area contributed by atoms with Crippen LogP contribution in [0.1, 0.15) is 72.2 Å². The van der Waals surface area contributed by atoms with E-state index in [1.807, 2.05) is 0 Å². The van der Waals surface area contributed by atoms with E-state index in [0.29, 0.717) is 0 Å². The maximum absolute atomic E-state index is 14.5. The first-order valence-corrected chi connectivity index (χ1v) is 15.3. The lowest BCUT2D eigenvalue weighted by Crippen LogP contribution is -2.58. The van der Waals surface area contributed by atoms with Crippen LogP contribution in [0.3, 0.4) is 0 Å². The van der Waals surface area contributed by atoms with E-state index in [1.54, 1.807) is 32.0 Å². The number of ketones is 2. The van der Waals surface area contributed by atoms with Crippen molar-refractivity contribution in [1.82, 2.24) is 0 Å². The predicted octanol–water partition coefficient (Wildman–Crippen LogP) is 3.89. The lowest BCUT2D eigenvalue weighted by atomic mass is 9.72. The summed E-state index contributed by atoms with van der Waals surface area (Å²) in [5.74, 6) is -8.65. The topological polar surface area (TPSA) is 166 Å². The first-order chi connectivity index (χ1) is 21.8. The maximum atomic E-state index is 14.5. The number of rotatable bonds is 6. The molecule has 1 fully saturated rings. The van der Waals surface area contributed by atoms with E-state index in [9.17, 15) is 33.6 Å². The molecule has 0 radical (unpaired) electrons. The maximum Gasteiger partial charge on any atom is 0.338 e. The van der Waals surface area contributed by atoms with Gasteiger partial charge >= 0.3 is 29.8 Å². The average molecular weight is 655 g/mol. The number of esters is 5. The van der Waals surface area contributed by atoms with Gasteiger partial charge in [0.15, 0.2) is 23.3 Å². The predicted molar refractivity (Wildman–Crippen MR) is 165 cm³/mol. The molecule has 0 heterocycles. The molecule has 0 amide bonds. The Bertz CT molecular complexity index is 1470. The SMILES string of the molecule is C=C1[C@@H](OC(C)=O)[C@H]2[C@@H](OC(C)=O)[C@@H](C)C[C@]2(OC(C)=O)C(=O)[C@@H](C)/C=C/C(C)(C)C(=O)[C@H](OC(C)=O)[C@H]1OC(=O)c1ccccc1. The molecule has 0 aromatic heterocycles. The van der Waals surface area contributed by atoms with Crippen molar-refractivity contribution in [1.29, 1.82) is 0 Å². The van der Waals surface area contributed by atoms with Crippen molar-refractivity contribution in [3.05, 3.63) is 60.2 Å². The summed E-state index contributed by atoms with van der Waals surface area (Å²) in [4.78, 5) is 92.6. The van der Waals surface area contributed by atoms with E-state index in [1.165, 1.54) is 38.1 Å². The Hall–Kier alpha value is -4.61. The number of hydrogen-bond acceptors (Lipinski definition) is 12. The first-order valence-electron chi connectivity index (χ1n) is 15.3. The Morgan fingerprint density at radius 1 is 0.745 bits per heavy atom. The second-order valence-electron chi connectivity index (χ2n) is 12.7. The summed E-state index contributed by atoms with van der Waals surface area (Å²) in [5, 5.41) is 0. The van der Waals surface area contributed by atoms with Crippen LogP contribution in [0.2, 0.25) is 0 Å². The van der Waals surface area contributed by atoms with E-state index >= 15 is 0 Å². The van der Waals surface area contributed by atoms with Crippen LogP contribution < -0.4 is 0 Å². The Labute approximate surface area is 273 Å². The summed E-state index contributed by atoms with van der Waals surface area (Å²) in [6, 6.07) is 7.76. The third-order valence-electron chi connectivity index (χ3n) is 8.39. The van der Waals surface area contributed by atoms with Gasteiger partial charge in [-0.25, -0.2) is 4.79 Å². The highest BCUT2D eigenvalue weighted by molar-refractivity contribution is 5.96. The molecule has 2 aliphatic rings. The van der Waals surface area contributed by atoms with Crippen LogP contribution >= 0.6 is 0 Å². The first kappa shape index (κ1) is 36.9. The molecule has 47 heavy (non-hydrogen) atoms. The molecule has 0 N–H and O–H groups in total. The molecule has 1 aromatic rings. The van der Waals surface area contributed by atoms with Crippen LogP contribution in [0.15, 0.2) is 54.6 Å². The van der Waals surface area contributed by atoms with Crippen molar-refractivity contribution < 1.29 is 57.2 Å². The van der Waals surface area contributed by atoms with Gasteiger partial charge < -0.3 is 23.7 Å². The van der Waals surface area contributed by atoms with Crippen LogP contribution in [0.4, 0.5) is 0 Å². The number of Topliss-reactive ketones (excluding diaryl/α,β-unsaturated/α-hetero) is 2. The standard InChI is InChI=1S/C35H42O12/c1-18-15-16-34(8,9)32(41)30(45-23(6)38)29(46-33(42)25-13-11-10-12-14-25)20(3)28(44-22(5)37)26-27(43-21(4)36)19(2)17-35(26,31(18)40)47-24(7)39/h10-16,18-19,26-30H,3,17H2,1-2,4-9H3/b16-15+/t18-,19-,26+,27-,28+,29-,30+,35+/m0/s1. The number of fused-ring (bicyclic) bond motifs is 1. The molecular formula is C35H42O12. The Kier molecular flexibility index (Phi) is 11.3. The molecule has 12 nitrogen and oxygen atoms in total. The molecule has 0 spiro atoms. The van der Waals surface area contributed by atoms with E-state index in [2.05, 4.69) is 6.58 Å². The molecule has 0 bridgehead atoms. The number of allylic oxidation sites excluding steroid dienone is 2. The summed E-state index contributed by atoms with van der Waals surface area (Å²) in [5.41, 5.74) is -3.66. The summed E-state index contributed by atoms with van der Waals surface area (Å²) in [7, 11) is 0. The molecule has 8 atom stereocenters. The summed E-state index contributed by atoms with van der Waals surface area (Å²) in [6.07, 6.45) is -3.71. The van der Waals surface area contributed by atoms with Gasteiger partial charge in [-0.3, -0.25) is 28.8 Å².